The maximum Gasteiger partial charge on any atom is 0.410 e. The molecule has 0 aliphatic carbocycles. The number of methoxy groups -OCH3 is 1. The van der Waals surface area contributed by atoms with E-state index in [9.17, 15) is 19.2 Å². The molecule has 0 spiro atoms. The third-order valence-electron chi connectivity index (χ3n) is 5.31. The molecule has 1 N–H and O–H groups in total. The molecule has 9 heteroatoms. The van der Waals surface area contributed by atoms with Gasteiger partial charge < -0.3 is 19.5 Å². The van der Waals surface area contributed by atoms with Gasteiger partial charge in [0.05, 0.1) is 23.9 Å². The van der Waals surface area contributed by atoms with Gasteiger partial charge in [0.25, 0.3) is 0 Å². The van der Waals surface area contributed by atoms with Crippen LogP contribution >= 0.6 is 0 Å². The summed E-state index contributed by atoms with van der Waals surface area (Å²) in [6.07, 6.45) is 0.492. The number of esters is 2. The Balaban J connectivity index is 1.78. The Kier molecular flexibility index (Phi) is 8.11. The Morgan fingerprint density at radius 1 is 1.03 bits per heavy atom. The summed E-state index contributed by atoms with van der Waals surface area (Å²) in [5, 5.41) is 2.69. The van der Waals surface area contributed by atoms with E-state index in [2.05, 4.69) is 5.32 Å². The minimum absolute atomic E-state index is 0.0716. The zero-order valence-corrected chi connectivity index (χ0v) is 20.3. The fourth-order valence-corrected chi connectivity index (χ4v) is 3.66. The Morgan fingerprint density at radius 2 is 1.74 bits per heavy atom. The molecule has 2 aromatic carbocycles. The molecule has 1 atom stereocenters. The summed E-state index contributed by atoms with van der Waals surface area (Å²) in [7, 11) is 1.22. The normalized spacial score (nSPS) is 15.3. The molecule has 1 saturated heterocycles. The van der Waals surface area contributed by atoms with Crippen LogP contribution in [0.3, 0.4) is 0 Å². The first-order valence-corrected chi connectivity index (χ1v) is 11.3. The van der Waals surface area contributed by atoms with Crippen LogP contribution < -0.4 is 5.32 Å². The highest BCUT2D eigenvalue weighted by molar-refractivity contribution is 6.05. The Labute approximate surface area is 204 Å². The number of nitrogens with one attached hydrogen (secondary N) is 1. The van der Waals surface area contributed by atoms with Gasteiger partial charge in [-0.2, -0.15) is 0 Å². The van der Waals surface area contributed by atoms with Crippen LogP contribution in [0.25, 0.3) is 0 Å². The van der Waals surface area contributed by atoms with Gasteiger partial charge in [-0.3, -0.25) is 9.69 Å². The van der Waals surface area contributed by atoms with E-state index in [1.165, 1.54) is 30.2 Å². The van der Waals surface area contributed by atoms with E-state index in [-0.39, 0.29) is 23.4 Å². The smallest absolute Gasteiger partial charge is 0.410 e. The van der Waals surface area contributed by atoms with Gasteiger partial charge in [-0.25, -0.2) is 14.4 Å². The Hall–Kier alpha value is -3.88. The lowest BCUT2D eigenvalue weighted by atomic mass is 10.1. The first-order chi connectivity index (χ1) is 16.6. The minimum atomic E-state index is -0.774. The molecule has 9 nitrogen and oxygen atoms in total. The molecule has 0 bridgehead atoms. The standard InChI is InChI=1S/C26H30N2O7/c1-26(2,3)35-25(32)28-14-8-11-21(28)22(29)27-20-15-18(12-13-19(20)24(31)33-4)23(30)34-16-17-9-6-5-7-10-17/h5-7,9-10,12-13,15,21H,8,11,14,16H2,1-4H3,(H,27,29)/t21-/m0/s1. The average molecular weight is 483 g/mol. The third kappa shape index (κ3) is 6.81. The van der Waals surface area contributed by atoms with Gasteiger partial charge in [0.2, 0.25) is 5.91 Å². The highest BCUT2D eigenvalue weighted by Gasteiger charge is 2.37. The molecule has 1 aliphatic rings. The molecular weight excluding hydrogens is 452 g/mol. The largest absolute Gasteiger partial charge is 0.465 e. The van der Waals surface area contributed by atoms with Crippen molar-refractivity contribution in [2.45, 2.75) is 51.9 Å². The number of hydrogen-bond donors (Lipinski definition) is 1. The van der Waals surface area contributed by atoms with Crippen molar-refractivity contribution in [3.63, 3.8) is 0 Å². The Morgan fingerprint density at radius 3 is 2.40 bits per heavy atom. The summed E-state index contributed by atoms with van der Waals surface area (Å²) in [6.45, 7) is 5.71. The molecule has 35 heavy (non-hydrogen) atoms. The van der Waals surface area contributed by atoms with Crippen molar-refractivity contribution in [2.24, 2.45) is 0 Å². The summed E-state index contributed by atoms with van der Waals surface area (Å²) in [4.78, 5) is 52.0. The fraction of sp³-hybridized carbons (Fsp3) is 0.385. The molecule has 0 radical (unpaired) electrons. The number of amides is 2. The van der Waals surface area contributed by atoms with Gasteiger partial charge in [-0.05, 0) is 57.4 Å². The van der Waals surface area contributed by atoms with Crippen molar-refractivity contribution in [3.05, 3.63) is 65.2 Å². The SMILES string of the molecule is COC(=O)c1ccc(C(=O)OCc2ccccc2)cc1NC(=O)[C@@H]1CCCN1C(=O)OC(C)(C)C. The van der Waals surface area contributed by atoms with E-state index in [0.717, 1.165) is 5.56 Å². The number of carbonyl (C=O) groups excluding carboxylic acids is 4. The zero-order chi connectivity index (χ0) is 25.6. The number of benzene rings is 2. The van der Waals surface area contributed by atoms with Crippen LogP contribution in [0.1, 0.15) is 59.9 Å². The van der Waals surface area contributed by atoms with Crippen LogP contribution in [0.5, 0.6) is 0 Å². The number of carbonyl (C=O) groups is 4. The van der Waals surface area contributed by atoms with Gasteiger partial charge in [0.15, 0.2) is 0 Å². The van der Waals surface area contributed by atoms with Gasteiger partial charge >= 0.3 is 18.0 Å². The zero-order valence-electron chi connectivity index (χ0n) is 20.3. The summed E-state index contributed by atoms with van der Waals surface area (Å²) in [5.41, 5.74) is 0.436. The quantitative estimate of drug-likeness (QED) is 0.486. The predicted octanol–water partition coefficient (Wildman–Crippen LogP) is 4.17. The van der Waals surface area contributed by atoms with E-state index in [1.54, 1.807) is 20.8 Å². The monoisotopic (exact) mass is 482 g/mol. The lowest BCUT2D eigenvalue weighted by molar-refractivity contribution is -0.120. The molecule has 186 valence electrons. The highest BCUT2D eigenvalue weighted by Crippen LogP contribution is 2.25. The fourth-order valence-electron chi connectivity index (χ4n) is 3.66. The van der Waals surface area contributed by atoms with Crippen molar-refractivity contribution < 1.29 is 33.4 Å². The average Bonchev–Trinajstić information content (AvgIpc) is 3.32. The van der Waals surface area contributed by atoms with E-state index in [1.807, 2.05) is 30.3 Å². The molecule has 3 rings (SSSR count). The van der Waals surface area contributed by atoms with Gasteiger partial charge in [-0.15, -0.1) is 0 Å². The second-order valence-corrected chi connectivity index (χ2v) is 9.13. The lowest BCUT2D eigenvalue weighted by Crippen LogP contribution is -2.45. The third-order valence-corrected chi connectivity index (χ3v) is 5.31. The molecule has 0 aromatic heterocycles. The topological polar surface area (TPSA) is 111 Å². The number of ether oxygens (including phenoxy) is 3. The highest BCUT2D eigenvalue weighted by atomic mass is 16.6. The van der Waals surface area contributed by atoms with Gasteiger partial charge in [-0.1, -0.05) is 30.3 Å². The number of anilines is 1. The van der Waals surface area contributed by atoms with Crippen molar-refractivity contribution in [1.29, 1.82) is 0 Å². The lowest BCUT2D eigenvalue weighted by Gasteiger charge is -2.28. The number of nitrogens with zero attached hydrogens (tertiary/aromatic N) is 1. The van der Waals surface area contributed by atoms with Crippen molar-refractivity contribution in [3.8, 4) is 0 Å². The molecular formula is C26H30N2O7. The maximum absolute atomic E-state index is 13.1. The minimum Gasteiger partial charge on any atom is -0.465 e. The second kappa shape index (κ2) is 11.0. The van der Waals surface area contributed by atoms with Crippen LogP contribution in [0.2, 0.25) is 0 Å². The van der Waals surface area contributed by atoms with Crippen LogP contribution in [-0.4, -0.2) is 54.1 Å². The summed E-state index contributed by atoms with van der Waals surface area (Å²) in [6, 6.07) is 12.6. The van der Waals surface area contributed by atoms with E-state index < -0.39 is 35.6 Å². The van der Waals surface area contributed by atoms with Crippen molar-refractivity contribution in [2.75, 3.05) is 19.0 Å². The molecule has 2 aromatic rings. The maximum atomic E-state index is 13.1. The van der Waals surface area contributed by atoms with Crippen LogP contribution in [0.4, 0.5) is 10.5 Å². The Bertz CT molecular complexity index is 1090. The molecule has 1 aliphatic heterocycles. The number of likely N-dealkylation sites (tertiary alicyclic amines) is 1. The van der Waals surface area contributed by atoms with E-state index >= 15 is 0 Å². The molecule has 2 amide bonds. The van der Waals surface area contributed by atoms with Gasteiger partial charge in [0.1, 0.15) is 18.2 Å². The van der Waals surface area contributed by atoms with Crippen LogP contribution in [0.15, 0.2) is 48.5 Å². The summed E-state index contributed by atoms with van der Waals surface area (Å²) >= 11 is 0. The summed E-state index contributed by atoms with van der Waals surface area (Å²) < 4.78 is 15.6. The van der Waals surface area contributed by atoms with Crippen molar-refractivity contribution >= 4 is 29.6 Å². The van der Waals surface area contributed by atoms with E-state index in [0.29, 0.717) is 19.4 Å². The van der Waals surface area contributed by atoms with Crippen molar-refractivity contribution in [1.82, 2.24) is 4.90 Å². The summed E-state index contributed by atoms with van der Waals surface area (Å²) in [5.74, 6) is -1.79. The molecule has 0 saturated carbocycles. The van der Waals surface area contributed by atoms with Crippen LogP contribution in [0, 0.1) is 0 Å². The number of hydrogen-bond acceptors (Lipinski definition) is 7. The molecule has 1 fully saturated rings. The molecule has 0 unspecified atom stereocenters. The van der Waals surface area contributed by atoms with E-state index in [4.69, 9.17) is 14.2 Å². The first kappa shape index (κ1) is 25.7. The van der Waals surface area contributed by atoms with Crippen LogP contribution in [-0.2, 0) is 25.6 Å². The molecule has 1 heterocycles. The first-order valence-electron chi connectivity index (χ1n) is 11.3. The second-order valence-electron chi connectivity index (χ2n) is 9.13. The number of rotatable bonds is 6. The predicted molar refractivity (Wildman–Crippen MR) is 128 cm³/mol. The van der Waals surface area contributed by atoms with Gasteiger partial charge in [0, 0.05) is 6.54 Å².